The standard InChI is InChI=1S/C16H16O4/c1-18-11-8-9-15(19-2)14(10-11)12-6-4-5-7-13(12)16(17)20-3/h4-10H,1-3H3. The van der Waals surface area contributed by atoms with Crippen molar-refractivity contribution in [1.29, 1.82) is 0 Å². The molecule has 0 aliphatic heterocycles. The first-order valence-electron chi connectivity index (χ1n) is 6.11. The molecule has 0 saturated carbocycles. The Morgan fingerprint density at radius 1 is 0.900 bits per heavy atom. The van der Waals surface area contributed by atoms with E-state index < -0.39 is 0 Å². The van der Waals surface area contributed by atoms with E-state index >= 15 is 0 Å². The maximum atomic E-state index is 11.9. The van der Waals surface area contributed by atoms with E-state index in [9.17, 15) is 4.79 Å². The highest BCUT2D eigenvalue weighted by Crippen LogP contribution is 2.35. The Labute approximate surface area is 117 Å². The number of benzene rings is 2. The molecule has 2 aromatic carbocycles. The number of esters is 1. The van der Waals surface area contributed by atoms with Gasteiger partial charge in [-0.25, -0.2) is 4.79 Å². The first-order valence-corrected chi connectivity index (χ1v) is 6.11. The average Bonchev–Trinajstić information content (AvgIpc) is 2.53. The zero-order valence-electron chi connectivity index (χ0n) is 11.7. The minimum Gasteiger partial charge on any atom is -0.497 e. The molecule has 2 rings (SSSR count). The third-order valence-corrected chi connectivity index (χ3v) is 3.03. The maximum Gasteiger partial charge on any atom is 0.338 e. The Hall–Kier alpha value is -2.49. The van der Waals surface area contributed by atoms with E-state index in [1.54, 1.807) is 26.4 Å². The number of carbonyl (C=O) groups excluding carboxylic acids is 1. The van der Waals surface area contributed by atoms with E-state index in [4.69, 9.17) is 14.2 Å². The van der Waals surface area contributed by atoms with Crippen LogP contribution in [0.3, 0.4) is 0 Å². The second-order valence-electron chi connectivity index (χ2n) is 4.10. The van der Waals surface area contributed by atoms with Crippen molar-refractivity contribution in [2.75, 3.05) is 21.3 Å². The molecule has 0 unspecified atom stereocenters. The summed E-state index contributed by atoms with van der Waals surface area (Å²) in [6, 6.07) is 12.7. The molecule has 0 aromatic heterocycles. The van der Waals surface area contributed by atoms with Crippen LogP contribution in [0.1, 0.15) is 10.4 Å². The van der Waals surface area contributed by atoms with Gasteiger partial charge in [0.25, 0.3) is 0 Å². The van der Waals surface area contributed by atoms with Gasteiger partial charge in [0.1, 0.15) is 11.5 Å². The van der Waals surface area contributed by atoms with Crippen LogP contribution in [-0.2, 0) is 4.74 Å². The highest BCUT2D eigenvalue weighted by molar-refractivity contribution is 5.98. The predicted octanol–water partition coefficient (Wildman–Crippen LogP) is 3.16. The molecular weight excluding hydrogens is 256 g/mol. The molecular formula is C16H16O4. The van der Waals surface area contributed by atoms with Crippen molar-refractivity contribution in [3.8, 4) is 22.6 Å². The minimum atomic E-state index is -0.384. The molecule has 0 saturated heterocycles. The molecule has 4 nitrogen and oxygen atoms in total. The summed E-state index contributed by atoms with van der Waals surface area (Å²) in [6.45, 7) is 0. The Balaban J connectivity index is 2.64. The fraction of sp³-hybridized carbons (Fsp3) is 0.188. The molecule has 0 amide bonds. The number of rotatable bonds is 4. The number of methoxy groups -OCH3 is 3. The largest absolute Gasteiger partial charge is 0.497 e. The lowest BCUT2D eigenvalue weighted by Gasteiger charge is -2.13. The highest BCUT2D eigenvalue weighted by atomic mass is 16.5. The topological polar surface area (TPSA) is 44.8 Å². The molecule has 20 heavy (non-hydrogen) atoms. The molecule has 0 N–H and O–H groups in total. The average molecular weight is 272 g/mol. The van der Waals surface area contributed by atoms with Crippen LogP contribution in [0.4, 0.5) is 0 Å². The van der Waals surface area contributed by atoms with Crippen LogP contribution < -0.4 is 9.47 Å². The van der Waals surface area contributed by atoms with Gasteiger partial charge in [0, 0.05) is 11.1 Å². The first-order chi connectivity index (χ1) is 9.71. The fourth-order valence-electron chi connectivity index (χ4n) is 2.03. The number of hydrogen-bond acceptors (Lipinski definition) is 4. The molecule has 0 fully saturated rings. The lowest BCUT2D eigenvalue weighted by atomic mass is 9.98. The molecule has 2 aromatic rings. The van der Waals surface area contributed by atoms with Crippen LogP contribution in [-0.4, -0.2) is 27.3 Å². The van der Waals surface area contributed by atoms with E-state index in [1.165, 1.54) is 7.11 Å². The summed E-state index contributed by atoms with van der Waals surface area (Å²) in [5.41, 5.74) is 2.02. The van der Waals surface area contributed by atoms with Gasteiger partial charge in [0.2, 0.25) is 0 Å². The Kier molecular flexibility index (Phi) is 4.25. The van der Waals surface area contributed by atoms with Gasteiger partial charge in [0.15, 0.2) is 0 Å². The summed E-state index contributed by atoms with van der Waals surface area (Å²) in [4.78, 5) is 11.9. The first kappa shape index (κ1) is 13.9. The molecule has 4 heteroatoms. The van der Waals surface area contributed by atoms with Crippen LogP contribution in [0.25, 0.3) is 11.1 Å². The van der Waals surface area contributed by atoms with Gasteiger partial charge in [0.05, 0.1) is 26.9 Å². The smallest absolute Gasteiger partial charge is 0.338 e. The third-order valence-electron chi connectivity index (χ3n) is 3.03. The molecule has 0 atom stereocenters. The van der Waals surface area contributed by atoms with Gasteiger partial charge in [-0.05, 0) is 24.3 Å². The Bertz CT molecular complexity index is 620. The van der Waals surface area contributed by atoms with Gasteiger partial charge < -0.3 is 14.2 Å². The second kappa shape index (κ2) is 6.10. The summed E-state index contributed by atoms with van der Waals surface area (Å²) in [7, 11) is 4.55. The second-order valence-corrected chi connectivity index (χ2v) is 4.10. The lowest BCUT2D eigenvalue weighted by molar-refractivity contribution is 0.0601. The van der Waals surface area contributed by atoms with Crippen molar-refractivity contribution in [2.45, 2.75) is 0 Å². The van der Waals surface area contributed by atoms with Crippen molar-refractivity contribution in [1.82, 2.24) is 0 Å². The van der Waals surface area contributed by atoms with Crippen molar-refractivity contribution in [2.24, 2.45) is 0 Å². The van der Waals surface area contributed by atoms with Gasteiger partial charge >= 0.3 is 5.97 Å². The van der Waals surface area contributed by atoms with Gasteiger partial charge in [-0.3, -0.25) is 0 Å². The van der Waals surface area contributed by atoms with Gasteiger partial charge in [-0.1, -0.05) is 18.2 Å². The van der Waals surface area contributed by atoms with Crippen LogP contribution in [0.5, 0.6) is 11.5 Å². The van der Waals surface area contributed by atoms with Crippen molar-refractivity contribution >= 4 is 5.97 Å². The molecule has 0 aliphatic rings. The number of ether oxygens (including phenoxy) is 3. The summed E-state index contributed by atoms with van der Waals surface area (Å²) in [6.07, 6.45) is 0. The van der Waals surface area contributed by atoms with Crippen molar-refractivity contribution in [3.05, 3.63) is 48.0 Å². The zero-order chi connectivity index (χ0) is 14.5. The van der Waals surface area contributed by atoms with Gasteiger partial charge in [-0.2, -0.15) is 0 Å². The summed E-state index contributed by atoms with van der Waals surface area (Å²) < 4.78 is 15.4. The number of carbonyl (C=O) groups is 1. The predicted molar refractivity (Wildman–Crippen MR) is 76.3 cm³/mol. The zero-order valence-corrected chi connectivity index (χ0v) is 11.7. The monoisotopic (exact) mass is 272 g/mol. The SMILES string of the molecule is COC(=O)c1ccccc1-c1cc(OC)ccc1OC. The van der Waals surface area contributed by atoms with Crippen molar-refractivity contribution < 1.29 is 19.0 Å². The summed E-state index contributed by atoms with van der Waals surface area (Å²) >= 11 is 0. The number of hydrogen-bond donors (Lipinski definition) is 0. The van der Waals surface area contributed by atoms with Crippen LogP contribution in [0, 0.1) is 0 Å². The quantitative estimate of drug-likeness (QED) is 0.802. The van der Waals surface area contributed by atoms with Crippen molar-refractivity contribution in [3.63, 3.8) is 0 Å². The van der Waals surface area contributed by atoms with Crippen LogP contribution >= 0.6 is 0 Å². The highest BCUT2D eigenvalue weighted by Gasteiger charge is 2.16. The van der Waals surface area contributed by atoms with E-state index in [0.29, 0.717) is 17.1 Å². The maximum absolute atomic E-state index is 11.9. The normalized spacial score (nSPS) is 9.95. The molecule has 0 aliphatic carbocycles. The van der Waals surface area contributed by atoms with E-state index in [2.05, 4.69) is 0 Å². The Morgan fingerprint density at radius 2 is 1.65 bits per heavy atom. The van der Waals surface area contributed by atoms with E-state index in [-0.39, 0.29) is 5.97 Å². The van der Waals surface area contributed by atoms with E-state index in [1.807, 2.05) is 30.3 Å². The third kappa shape index (κ3) is 2.59. The van der Waals surface area contributed by atoms with Gasteiger partial charge in [-0.15, -0.1) is 0 Å². The van der Waals surface area contributed by atoms with E-state index in [0.717, 1.165) is 11.1 Å². The lowest BCUT2D eigenvalue weighted by Crippen LogP contribution is -2.04. The molecule has 0 radical (unpaired) electrons. The molecule has 0 bridgehead atoms. The summed E-state index contributed by atoms with van der Waals surface area (Å²) in [5, 5.41) is 0. The Morgan fingerprint density at radius 3 is 2.30 bits per heavy atom. The molecule has 0 heterocycles. The van der Waals surface area contributed by atoms with Crippen LogP contribution in [0.15, 0.2) is 42.5 Å². The minimum absolute atomic E-state index is 0.384. The fourth-order valence-corrected chi connectivity index (χ4v) is 2.03. The summed E-state index contributed by atoms with van der Waals surface area (Å²) in [5.74, 6) is 0.980. The molecule has 104 valence electrons. The molecule has 0 spiro atoms. The van der Waals surface area contributed by atoms with Crippen LogP contribution in [0.2, 0.25) is 0 Å².